The zero-order valence-corrected chi connectivity index (χ0v) is 25.9. The molecule has 0 aliphatic heterocycles. The van der Waals surface area contributed by atoms with Crippen LogP contribution in [0.4, 0.5) is 0 Å². The molecule has 45 heavy (non-hydrogen) atoms. The van der Waals surface area contributed by atoms with Crippen LogP contribution in [0.3, 0.4) is 0 Å². The number of amides is 1. The first-order valence-electron chi connectivity index (χ1n) is 15.4. The van der Waals surface area contributed by atoms with E-state index < -0.39 is 10.0 Å². The van der Waals surface area contributed by atoms with Gasteiger partial charge in [0, 0.05) is 42.3 Å². The van der Waals surface area contributed by atoms with Crippen molar-refractivity contribution in [3.63, 3.8) is 0 Å². The lowest BCUT2D eigenvalue weighted by atomic mass is 9.95. The van der Waals surface area contributed by atoms with Crippen LogP contribution in [0.2, 0.25) is 0 Å². The van der Waals surface area contributed by atoms with E-state index in [1.54, 1.807) is 36.8 Å². The average Bonchev–Trinajstić information content (AvgIpc) is 3.10. The Bertz CT molecular complexity index is 1810. The van der Waals surface area contributed by atoms with Crippen molar-refractivity contribution in [1.29, 1.82) is 0 Å². The summed E-state index contributed by atoms with van der Waals surface area (Å²) in [4.78, 5) is 21.7. The van der Waals surface area contributed by atoms with E-state index in [4.69, 9.17) is 0 Å². The van der Waals surface area contributed by atoms with Gasteiger partial charge in [0.05, 0.1) is 17.1 Å². The molecule has 8 heteroatoms. The highest BCUT2D eigenvalue weighted by atomic mass is 32.2. The van der Waals surface area contributed by atoms with Gasteiger partial charge in [-0.25, -0.2) is 8.42 Å². The second-order valence-corrected chi connectivity index (χ2v) is 13.4. The second-order valence-electron chi connectivity index (χ2n) is 11.4. The van der Waals surface area contributed by atoms with Crippen LogP contribution in [0.15, 0.2) is 127 Å². The first-order chi connectivity index (χ1) is 22.0. The highest BCUT2D eigenvalue weighted by Gasteiger charge is 2.26. The van der Waals surface area contributed by atoms with Crippen molar-refractivity contribution in [2.45, 2.75) is 56.1 Å². The number of nitrogens with one attached hydrogen (secondary N) is 1. The quantitative estimate of drug-likeness (QED) is 0.178. The first kappa shape index (κ1) is 30.4. The fourth-order valence-electron chi connectivity index (χ4n) is 5.72. The molecule has 5 aromatic rings. The number of pyridine rings is 2. The number of carbonyl (C=O) groups is 1. The molecule has 1 saturated carbocycles. The van der Waals surface area contributed by atoms with E-state index >= 15 is 0 Å². The van der Waals surface area contributed by atoms with Crippen LogP contribution >= 0.6 is 0 Å². The summed E-state index contributed by atoms with van der Waals surface area (Å²) < 4.78 is 29.3. The lowest BCUT2D eigenvalue weighted by Gasteiger charge is -2.22. The predicted octanol–water partition coefficient (Wildman–Crippen LogP) is 7.26. The number of hydrogen-bond donors (Lipinski definition) is 1. The molecule has 228 valence electrons. The van der Waals surface area contributed by atoms with Gasteiger partial charge in [-0.3, -0.25) is 14.8 Å². The Balaban J connectivity index is 1.18. The van der Waals surface area contributed by atoms with Gasteiger partial charge in [-0.1, -0.05) is 86.0 Å². The molecule has 1 amide bonds. The molecule has 0 atom stereocenters. The SMILES string of the molecule is O=C(NC1CCCCC1)c1ccc(-c2ccc(CN(Cc3cccnc3)S(=O)(=O)c3ccc(-c4ccccc4)cc3)nc2)cc1. The fraction of sp³-hybridized carbons (Fsp3) is 0.216. The maximum atomic E-state index is 13.9. The van der Waals surface area contributed by atoms with Crippen LogP contribution in [0.1, 0.15) is 53.7 Å². The highest BCUT2D eigenvalue weighted by molar-refractivity contribution is 7.89. The van der Waals surface area contributed by atoms with Gasteiger partial charge in [-0.2, -0.15) is 4.31 Å². The normalized spacial score (nSPS) is 13.9. The van der Waals surface area contributed by atoms with Gasteiger partial charge in [-0.15, -0.1) is 0 Å². The van der Waals surface area contributed by atoms with Gasteiger partial charge in [0.1, 0.15) is 0 Å². The number of rotatable bonds is 10. The molecule has 7 nitrogen and oxygen atoms in total. The zero-order valence-electron chi connectivity index (χ0n) is 25.0. The Morgan fingerprint density at radius 3 is 2.04 bits per heavy atom. The summed E-state index contributed by atoms with van der Waals surface area (Å²) in [7, 11) is -3.85. The molecule has 1 aliphatic rings. The number of hydrogen-bond acceptors (Lipinski definition) is 5. The van der Waals surface area contributed by atoms with Crippen LogP contribution < -0.4 is 5.32 Å². The fourth-order valence-corrected chi connectivity index (χ4v) is 7.12. The summed E-state index contributed by atoms with van der Waals surface area (Å²) in [5.74, 6) is -0.0356. The highest BCUT2D eigenvalue weighted by Crippen LogP contribution is 2.26. The molecule has 6 rings (SSSR count). The molecular weight excluding hydrogens is 580 g/mol. The summed E-state index contributed by atoms with van der Waals surface area (Å²) in [6.45, 7) is 0.253. The number of nitrogens with zero attached hydrogens (tertiary/aromatic N) is 3. The van der Waals surface area contributed by atoms with Crippen LogP contribution in [-0.4, -0.2) is 34.6 Å². The largest absolute Gasteiger partial charge is 0.349 e. The summed E-state index contributed by atoms with van der Waals surface area (Å²) in [6, 6.07) is 32.1. The zero-order chi connectivity index (χ0) is 31.1. The van der Waals surface area contributed by atoms with Gasteiger partial charge in [0.25, 0.3) is 5.91 Å². The second kappa shape index (κ2) is 14.0. The Morgan fingerprint density at radius 1 is 0.711 bits per heavy atom. The van der Waals surface area contributed by atoms with Crippen molar-refractivity contribution < 1.29 is 13.2 Å². The van der Waals surface area contributed by atoms with Crippen molar-refractivity contribution in [1.82, 2.24) is 19.6 Å². The molecule has 0 bridgehead atoms. The molecule has 0 spiro atoms. The van der Waals surface area contributed by atoms with Crippen molar-refractivity contribution >= 4 is 15.9 Å². The minimum atomic E-state index is -3.85. The minimum Gasteiger partial charge on any atom is -0.349 e. The smallest absolute Gasteiger partial charge is 0.251 e. The maximum absolute atomic E-state index is 13.9. The van der Waals surface area contributed by atoms with Gasteiger partial charge >= 0.3 is 0 Å². The van der Waals surface area contributed by atoms with E-state index in [0.29, 0.717) is 11.3 Å². The van der Waals surface area contributed by atoms with E-state index in [1.165, 1.54) is 23.6 Å². The molecule has 0 saturated heterocycles. The predicted molar refractivity (Wildman–Crippen MR) is 177 cm³/mol. The summed E-state index contributed by atoms with van der Waals surface area (Å²) in [5.41, 5.74) is 5.83. The van der Waals surface area contributed by atoms with E-state index in [9.17, 15) is 13.2 Å². The molecule has 1 N–H and O–H groups in total. The van der Waals surface area contributed by atoms with E-state index in [2.05, 4.69) is 15.3 Å². The lowest BCUT2D eigenvalue weighted by molar-refractivity contribution is 0.0927. The van der Waals surface area contributed by atoms with Crippen LogP contribution in [0.25, 0.3) is 22.3 Å². The van der Waals surface area contributed by atoms with Gasteiger partial charge < -0.3 is 5.32 Å². The van der Waals surface area contributed by atoms with Crippen molar-refractivity contribution in [3.8, 4) is 22.3 Å². The maximum Gasteiger partial charge on any atom is 0.251 e. The molecule has 1 fully saturated rings. The molecule has 0 radical (unpaired) electrons. The number of sulfonamides is 1. The Kier molecular flexibility index (Phi) is 9.43. The molecule has 0 unspecified atom stereocenters. The Labute approximate surface area is 265 Å². The number of benzene rings is 3. The van der Waals surface area contributed by atoms with Crippen LogP contribution in [0.5, 0.6) is 0 Å². The Hall–Kier alpha value is -4.66. The molecule has 2 aromatic heterocycles. The van der Waals surface area contributed by atoms with Gasteiger partial charge in [0.15, 0.2) is 0 Å². The van der Waals surface area contributed by atoms with E-state index in [1.807, 2.05) is 84.9 Å². The Morgan fingerprint density at radius 2 is 1.38 bits per heavy atom. The summed E-state index contributed by atoms with van der Waals surface area (Å²) in [6.07, 6.45) is 10.8. The topological polar surface area (TPSA) is 92.3 Å². The third kappa shape index (κ3) is 7.53. The number of carbonyl (C=O) groups excluding carboxylic acids is 1. The molecule has 2 heterocycles. The number of aromatic nitrogens is 2. The van der Waals surface area contributed by atoms with Crippen molar-refractivity contribution in [2.75, 3.05) is 0 Å². The van der Waals surface area contributed by atoms with Crippen LogP contribution in [0, 0.1) is 0 Å². The van der Waals surface area contributed by atoms with E-state index in [0.717, 1.165) is 40.7 Å². The third-order valence-electron chi connectivity index (χ3n) is 8.26. The molecule has 3 aromatic carbocycles. The van der Waals surface area contributed by atoms with Crippen molar-refractivity contribution in [3.05, 3.63) is 139 Å². The first-order valence-corrected chi connectivity index (χ1v) is 16.8. The lowest BCUT2D eigenvalue weighted by Crippen LogP contribution is -2.36. The van der Waals surface area contributed by atoms with Crippen molar-refractivity contribution in [2.24, 2.45) is 0 Å². The standard InChI is InChI=1S/C37H36N4O3S/c42-37(40-34-11-5-2-6-12-34)32-15-13-31(14-16-32)33-17-20-35(39-25-33)27-41(26-28-8-7-23-38-24-28)45(43,44)36-21-18-30(19-22-36)29-9-3-1-4-10-29/h1,3-4,7-10,13-25,34H,2,5-6,11-12,26-27H2,(H,40,42). The third-order valence-corrected chi connectivity index (χ3v) is 10.1. The van der Waals surface area contributed by atoms with E-state index in [-0.39, 0.29) is 29.9 Å². The average molecular weight is 617 g/mol. The molecular formula is C37H36N4O3S. The van der Waals surface area contributed by atoms with Crippen LogP contribution in [-0.2, 0) is 23.1 Å². The van der Waals surface area contributed by atoms with Gasteiger partial charge in [-0.05, 0) is 71.5 Å². The van der Waals surface area contributed by atoms with Gasteiger partial charge in [0.2, 0.25) is 10.0 Å². The minimum absolute atomic E-state index is 0.0356. The summed E-state index contributed by atoms with van der Waals surface area (Å²) in [5, 5.41) is 3.16. The molecule has 1 aliphatic carbocycles. The monoisotopic (exact) mass is 616 g/mol. The summed E-state index contributed by atoms with van der Waals surface area (Å²) >= 11 is 0.